The van der Waals surface area contributed by atoms with E-state index < -0.39 is 6.10 Å². The molecule has 2 aromatic carbocycles. The van der Waals surface area contributed by atoms with Crippen LogP contribution in [0.1, 0.15) is 19.4 Å². The van der Waals surface area contributed by atoms with E-state index in [0.29, 0.717) is 17.9 Å². The molecule has 4 heteroatoms. The number of hydrogen-bond acceptors (Lipinski definition) is 3. The van der Waals surface area contributed by atoms with E-state index in [2.05, 4.69) is 0 Å². The summed E-state index contributed by atoms with van der Waals surface area (Å²) in [6.45, 7) is 4.01. The predicted molar refractivity (Wildman–Crippen MR) is 88.0 cm³/mol. The Morgan fingerprint density at radius 2 is 1.91 bits per heavy atom. The molecule has 0 radical (unpaired) electrons. The fourth-order valence-electron chi connectivity index (χ4n) is 2.79. The van der Waals surface area contributed by atoms with Crippen LogP contribution in [0.4, 0.5) is 11.4 Å². The zero-order valence-electron chi connectivity index (χ0n) is 12.8. The third-order valence-corrected chi connectivity index (χ3v) is 3.81. The Morgan fingerprint density at radius 3 is 2.59 bits per heavy atom. The molecule has 0 aromatic heterocycles. The zero-order chi connectivity index (χ0) is 15.7. The molecule has 3 rings (SSSR count). The first-order valence-electron chi connectivity index (χ1n) is 7.49. The van der Waals surface area contributed by atoms with Crippen molar-refractivity contribution in [1.82, 2.24) is 0 Å². The van der Waals surface area contributed by atoms with Gasteiger partial charge in [-0.05, 0) is 31.5 Å². The van der Waals surface area contributed by atoms with Gasteiger partial charge in [-0.15, -0.1) is 0 Å². The third kappa shape index (κ3) is 2.64. The highest BCUT2D eigenvalue weighted by molar-refractivity contribution is 6.00. The lowest BCUT2D eigenvalue weighted by atomic mass is 10.0. The Balaban J connectivity index is 1.95. The van der Waals surface area contributed by atoms with Gasteiger partial charge in [0.25, 0.3) is 5.91 Å². The number of nitrogen functional groups attached to an aromatic ring is 1. The summed E-state index contributed by atoms with van der Waals surface area (Å²) < 4.78 is 5.94. The van der Waals surface area contributed by atoms with Gasteiger partial charge in [-0.1, -0.05) is 30.3 Å². The van der Waals surface area contributed by atoms with Crippen LogP contribution in [0.3, 0.4) is 0 Å². The van der Waals surface area contributed by atoms with Crippen LogP contribution >= 0.6 is 0 Å². The van der Waals surface area contributed by atoms with Crippen LogP contribution in [-0.2, 0) is 11.2 Å². The Labute approximate surface area is 130 Å². The van der Waals surface area contributed by atoms with E-state index in [-0.39, 0.29) is 11.9 Å². The molecule has 22 heavy (non-hydrogen) atoms. The molecular formula is C18H20N2O2. The second kappa shape index (κ2) is 5.72. The summed E-state index contributed by atoms with van der Waals surface area (Å²) in [6, 6.07) is 15.4. The van der Waals surface area contributed by atoms with Gasteiger partial charge in [-0.2, -0.15) is 0 Å². The normalized spacial score (nSPS) is 17.3. The number of nitrogens with two attached hydrogens (primary N) is 1. The fraction of sp³-hybridized carbons (Fsp3) is 0.278. The van der Waals surface area contributed by atoms with Crippen molar-refractivity contribution >= 4 is 17.3 Å². The summed E-state index contributed by atoms with van der Waals surface area (Å²) in [5, 5.41) is 0. The maximum Gasteiger partial charge on any atom is 0.268 e. The van der Waals surface area contributed by atoms with Crippen molar-refractivity contribution in [3.8, 4) is 5.75 Å². The molecule has 0 bridgehead atoms. The number of carbonyl (C=O) groups is 1. The molecule has 1 aliphatic heterocycles. The van der Waals surface area contributed by atoms with Crippen molar-refractivity contribution in [3.63, 3.8) is 0 Å². The van der Waals surface area contributed by atoms with Crippen molar-refractivity contribution in [2.75, 3.05) is 10.6 Å². The lowest BCUT2D eigenvalue weighted by Crippen LogP contribution is -2.49. The third-order valence-electron chi connectivity index (χ3n) is 3.81. The molecule has 0 spiro atoms. The van der Waals surface area contributed by atoms with Gasteiger partial charge in [0.1, 0.15) is 5.75 Å². The molecule has 114 valence electrons. The Kier molecular flexibility index (Phi) is 3.75. The summed E-state index contributed by atoms with van der Waals surface area (Å²) in [6.07, 6.45) is 0.0380. The highest BCUT2D eigenvalue weighted by atomic mass is 16.5. The van der Waals surface area contributed by atoms with Gasteiger partial charge in [0.15, 0.2) is 6.10 Å². The first-order chi connectivity index (χ1) is 10.6. The lowest BCUT2D eigenvalue weighted by molar-refractivity contribution is -0.126. The largest absolute Gasteiger partial charge is 0.478 e. The van der Waals surface area contributed by atoms with Crippen LogP contribution in [0.2, 0.25) is 0 Å². The quantitative estimate of drug-likeness (QED) is 0.886. The minimum absolute atomic E-state index is 0.00359. The van der Waals surface area contributed by atoms with Crippen LogP contribution in [-0.4, -0.2) is 18.1 Å². The number of nitrogens with zero attached hydrogens (tertiary/aromatic N) is 1. The Hall–Kier alpha value is -2.49. The second-order valence-electron chi connectivity index (χ2n) is 5.83. The first-order valence-corrected chi connectivity index (χ1v) is 7.49. The molecule has 1 aliphatic rings. The monoisotopic (exact) mass is 296 g/mol. The van der Waals surface area contributed by atoms with Gasteiger partial charge in [0.2, 0.25) is 0 Å². The van der Waals surface area contributed by atoms with Crippen molar-refractivity contribution < 1.29 is 9.53 Å². The van der Waals surface area contributed by atoms with Gasteiger partial charge in [0, 0.05) is 24.2 Å². The second-order valence-corrected chi connectivity index (χ2v) is 5.83. The standard InChI is InChI=1S/C18H20N2O2/c1-12(2)20-15-9-8-14(19)11-16(15)22-17(18(20)21)10-13-6-4-3-5-7-13/h3-9,11-12,17H,10,19H2,1-2H3. The molecule has 0 saturated carbocycles. The number of amides is 1. The molecule has 0 fully saturated rings. The number of ether oxygens (including phenoxy) is 1. The van der Waals surface area contributed by atoms with Crippen LogP contribution in [0.15, 0.2) is 48.5 Å². The lowest BCUT2D eigenvalue weighted by Gasteiger charge is -2.37. The van der Waals surface area contributed by atoms with Crippen molar-refractivity contribution in [3.05, 3.63) is 54.1 Å². The number of benzene rings is 2. The minimum atomic E-state index is -0.515. The number of anilines is 2. The predicted octanol–water partition coefficient (Wildman–Crippen LogP) is 3.01. The summed E-state index contributed by atoms with van der Waals surface area (Å²) in [7, 11) is 0. The molecule has 1 unspecified atom stereocenters. The van der Waals surface area contributed by atoms with Crippen LogP contribution in [0.5, 0.6) is 5.75 Å². The van der Waals surface area contributed by atoms with Crippen molar-refractivity contribution in [2.24, 2.45) is 0 Å². The number of fused-ring (bicyclic) bond motifs is 1. The van der Waals surface area contributed by atoms with Gasteiger partial charge in [-0.3, -0.25) is 4.79 Å². The van der Waals surface area contributed by atoms with E-state index in [9.17, 15) is 4.79 Å². The topological polar surface area (TPSA) is 55.6 Å². The Bertz CT molecular complexity index is 683. The van der Waals surface area contributed by atoms with Gasteiger partial charge in [0.05, 0.1) is 5.69 Å². The number of rotatable bonds is 3. The highest BCUT2D eigenvalue weighted by Crippen LogP contribution is 2.37. The van der Waals surface area contributed by atoms with Crippen LogP contribution in [0, 0.1) is 0 Å². The van der Waals surface area contributed by atoms with E-state index in [1.807, 2.05) is 50.2 Å². The SMILES string of the molecule is CC(C)N1C(=O)C(Cc2ccccc2)Oc2cc(N)ccc21. The van der Waals surface area contributed by atoms with Crippen LogP contribution in [0.25, 0.3) is 0 Å². The van der Waals surface area contributed by atoms with Gasteiger partial charge >= 0.3 is 0 Å². The smallest absolute Gasteiger partial charge is 0.268 e. The highest BCUT2D eigenvalue weighted by Gasteiger charge is 2.35. The van der Waals surface area contributed by atoms with Crippen molar-refractivity contribution in [1.29, 1.82) is 0 Å². The maximum absolute atomic E-state index is 12.8. The van der Waals surface area contributed by atoms with Gasteiger partial charge < -0.3 is 15.4 Å². The zero-order valence-corrected chi connectivity index (χ0v) is 12.8. The summed E-state index contributed by atoms with van der Waals surface area (Å²) in [5.41, 5.74) is 8.36. The van der Waals surface area contributed by atoms with E-state index in [1.165, 1.54) is 0 Å². The number of carbonyl (C=O) groups excluding carboxylic acids is 1. The summed E-state index contributed by atoms with van der Waals surface area (Å²) >= 11 is 0. The molecule has 2 aromatic rings. The summed E-state index contributed by atoms with van der Waals surface area (Å²) in [4.78, 5) is 14.6. The van der Waals surface area contributed by atoms with E-state index in [1.54, 1.807) is 17.0 Å². The van der Waals surface area contributed by atoms with Gasteiger partial charge in [-0.25, -0.2) is 0 Å². The van der Waals surface area contributed by atoms with Crippen LogP contribution < -0.4 is 15.4 Å². The molecule has 0 saturated heterocycles. The van der Waals surface area contributed by atoms with E-state index >= 15 is 0 Å². The number of hydrogen-bond donors (Lipinski definition) is 1. The molecule has 2 N–H and O–H groups in total. The summed E-state index contributed by atoms with van der Waals surface area (Å²) in [5.74, 6) is 0.672. The fourth-order valence-corrected chi connectivity index (χ4v) is 2.79. The Morgan fingerprint density at radius 1 is 1.18 bits per heavy atom. The molecular weight excluding hydrogens is 276 g/mol. The van der Waals surface area contributed by atoms with Crippen molar-refractivity contribution in [2.45, 2.75) is 32.4 Å². The molecule has 1 heterocycles. The minimum Gasteiger partial charge on any atom is -0.478 e. The molecule has 1 atom stereocenters. The molecule has 4 nitrogen and oxygen atoms in total. The molecule has 0 aliphatic carbocycles. The first kappa shape index (κ1) is 14.4. The van der Waals surface area contributed by atoms with E-state index in [4.69, 9.17) is 10.5 Å². The van der Waals surface area contributed by atoms with E-state index in [0.717, 1.165) is 11.3 Å². The molecule has 1 amide bonds. The maximum atomic E-state index is 12.8. The average Bonchev–Trinajstić information content (AvgIpc) is 2.49. The average molecular weight is 296 g/mol.